The number of hydrogen-bond donors (Lipinski definition) is 0. The second kappa shape index (κ2) is 4.66. The van der Waals surface area contributed by atoms with Crippen LogP contribution in [0.1, 0.15) is 35.4 Å². The van der Waals surface area contributed by atoms with Crippen LogP contribution >= 0.6 is 11.3 Å². The van der Waals surface area contributed by atoms with E-state index in [1.54, 1.807) is 6.07 Å². The minimum absolute atomic E-state index is 0.290. The molecular formula is C11H14O3S. The van der Waals surface area contributed by atoms with Gasteiger partial charge in [0.25, 0.3) is 0 Å². The normalized spacial score (nSPS) is 16.6. The van der Waals surface area contributed by atoms with Crippen molar-refractivity contribution in [2.24, 2.45) is 0 Å². The predicted octanol–water partition coefficient (Wildman–Crippen LogP) is 2.86. The summed E-state index contributed by atoms with van der Waals surface area (Å²) in [6.07, 6.45) is 5.09. The molecular weight excluding hydrogens is 212 g/mol. The quantitative estimate of drug-likeness (QED) is 0.743. The van der Waals surface area contributed by atoms with Crippen LogP contribution in [0.5, 0.6) is 5.75 Å². The van der Waals surface area contributed by atoms with E-state index in [-0.39, 0.29) is 5.97 Å². The Kier molecular flexibility index (Phi) is 3.26. The average molecular weight is 226 g/mol. The van der Waals surface area contributed by atoms with E-state index in [1.807, 2.05) is 5.38 Å². The highest BCUT2D eigenvalue weighted by atomic mass is 32.1. The largest absolute Gasteiger partial charge is 0.490 e. The lowest BCUT2D eigenvalue weighted by molar-refractivity contribution is 0.0605. The van der Waals surface area contributed by atoms with E-state index in [2.05, 4.69) is 4.74 Å². The summed E-state index contributed by atoms with van der Waals surface area (Å²) in [5, 5.41) is 1.87. The molecule has 1 aromatic heterocycles. The zero-order valence-corrected chi connectivity index (χ0v) is 9.51. The highest BCUT2D eigenvalue weighted by molar-refractivity contribution is 7.12. The zero-order chi connectivity index (χ0) is 10.7. The van der Waals surface area contributed by atoms with Crippen molar-refractivity contribution in [3.8, 4) is 5.75 Å². The van der Waals surface area contributed by atoms with Crippen LogP contribution in [0.3, 0.4) is 0 Å². The molecule has 1 fully saturated rings. The molecule has 0 atom stereocenters. The monoisotopic (exact) mass is 226 g/mol. The van der Waals surface area contributed by atoms with E-state index < -0.39 is 0 Å². The van der Waals surface area contributed by atoms with Crippen molar-refractivity contribution in [3.05, 3.63) is 16.3 Å². The number of ether oxygens (including phenoxy) is 2. The van der Waals surface area contributed by atoms with Crippen molar-refractivity contribution in [1.29, 1.82) is 0 Å². The highest BCUT2D eigenvalue weighted by Crippen LogP contribution is 2.27. The summed E-state index contributed by atoms with van der Waals surface area (Å²) in [7, 11) is 1.39. The van der Waals surface area contributed by atoms with Gasteiger partial charge in [0.05, 0.1) is 13.2 Å². The average Bonchev–Trinajstić information content (AvgIpc) is 2.88. The molecule has 1 saturated carbocycles. The van der Waals surface area contributed by atoms with E-state index in [1.165, 1.54) is 31.3 Å². The third-order valence-electron chi connectivity index (χ3n) is 2.57. The van der Waals surface area contributed by atoms with Gasteiger partial charge in [0.2, 0.25) is 0 Å². The predicted molar refractivity (Wildman–Crippen MR) is 58.5 cm³/mol. The molecule has 4 heteroatoms. The van der Waals surface area contributed by atoms with Crippen LogP contribution in [-0.2, 0) is 4.74 Å². The second-order valence-corrected chi connectivity index (χ2v) is 4.57. The number of methoxy groups -OCH3 is 1. The first kappa shape index (κ1) is 10.5. The Balaban J connectivity index is 1.97. The Bertz CT molecular complexity index is 339. The van der Waals surface area contributed by atoms with Crippen LogP contribution in [0.2, 0.25) is 0 Å². The van der Waals surface area contributed by atoms with Crippen LogP contribution in [-0.4, -0.2) is 19.2 Å². The maximum Gasteiger partial charge on any atom is 0.348 e. The Morgan fingerprint density at radius 2 is 2.20 bits per heavy atom. The standard InChI is InChI=1S/C11H14O3S/c1-13-11(12)10-6-9(7-15-10)14-8-4-2-3-5-8/h6-8H,2-5H2,1H3. The minimum atomic E-state index is -0.290. The first-order chi connectivity index (χ1) is 7.29. The van der Waals surface area contributed by atoms with Crippen molar-refractivity contribution in [2.75, 3.05) is 7.11 Å². The molecule has 82 valence electrons. The van der Waals surface area contributed by atoms with Crippen LogP contribution in [0, 0.1) is 0 Å². The van der Waals surface area contributed by atoms with Crippen molar-refractivity contribution in [2.45, 2.75) is 31.8 Å². The van der Waals surface area contributed by atoms with E-state index in [9.17, 15) is 4.79 Å². The van der Waals surface area contributed by atoms with Gasteiger partial charge < -0.3 is 9.47 Å². The summed E-state index contributed by atoms with van der Waals surface area (Å²) >= 11 is 1.37. The maximum absolute atomic E-state index is 11.2. The van der Waals surface area contributed by atoms with Crippen LogP contribution in [0.4, 0.5) is 0 Å². The zero-order valence-electron chi connectivity index (χ0n) is 8.69. The molecule has 1 aliphatic carbocycles. The molecule has 0 unspecified atom stereocenters. The van der Waals surface area contributed by atoms with Crippen LogP contribution in [0.25, 0.3) is 0 Å². The molecule has 1 heterocycles. The SMILES string of the molecule is COC(=O)c1cc(OC2CCCC2)cs1. The summed E-state index contributed by atoms with van der Waals surface area (Å²) in [5.41, 5.74) is 0. The van der Waals surface area contributed by atoms with Gasteiger partial charge in [0.15, 0.2) is 0 Å². The van der Waals surface area contributed by atoms with Gasteiger partial charge in [-0.2, -0.15) is 0 Å². The molecule has 0 radical (unpaired) electrons. The highest BCUT2D eigenvalue weighted by Gasteiger charge is 2.18. The van der Waals surface area contributed by atoms with Gasteiger partial charge in [-0.1, -0.05) is 0 Å². The molecule has 0 aliphatic heterocycles. The molecule has 0 bridgehead atoms. The number of carbonyl (C=O) groups excluding carboxylic acids is 1. The lowest BCUT2D eigenvalue weighted by Crippen LogP contribution is -2.10. The third kappa shape index (κ3) is 2.50. The van der Waals surface area contributed by atoms with Gasteiger partial charge in [-0.05, 0) is 25.7 Å². The molecule has 1 aliphatic rings. The summed E-state index contributed by atoms with van der Waals surface area (Å²) in [4.78, 5) is 11.8. The molecule has 3 nitrogen and oxygen atoms in total. The fourth-order valence-electron chi connectivity index (χ4n) is 1.79. The van der Waals surface area contributed by atoms with Crippen molar-refractivity contribution < 1.29 is 14.3 Å². The fraction of sp³-hybridized carbons (Fsp3) is 0.545. The maximum atomic E-state index is 11.2. The summed E-state index contributed by atoms with van der Waals surface area (Å²) < 4.78 is 10.4. The van der Waals surface area contributed by atoms with Gasteiger partial charge in [0.1, 0.15) is 10.6 Å². The summed E-state index contributed by atoms with van der Waals surface area (Å²) in [5.74, 6) is 0.508. The second-order valence-electron chi connectivity index (χ2n) is 3.66. The summed E-state index contributed by atoms with van der Waals surface area (Å²) in [6.45, 7) is 0. The molecule has 15 heavy (non-hydrogen) atoms. The molecule has 0 N–H and O–H groups in total. The Morgan fingerprint density at radius 3 is 2.87 bits per heavy atom. The van der Waals surface area contributed by atoms with Crippen LogP contribution in [0.15, 0.2) is 11.4 Å². The number of carbonyl (C=O) groups is 1. The Morgan fingerprint density at radius 1 is 1.47 bits per heavy atom. The van der Waals surface area contributed by atoms with E-state index in [0.717, 1.165) is 18.6 Å². The Hall–Kier alpha value is -1.03. The summed E-state index contributed by atoms with van der Waals surface area (Å²) in [6, 6.07) is 1.76. The molecule has 0 spiro atoms. The number of rotatable bonds is 3. The van der Waals surface area contributed by atoms with Crippen molar-refractivity contribution in [3.63, 3.8) is 0 Å². The van der Waals surface area contributed by atoms with Gasteiger partial charge in [-0.15, -0.1) is 11.3 Å². The first-order valence-electron chi connectivity index (χ1n) is 5.13. The lowest BCUT2D eigenvalue weighted by Gasteiger charge is -2.10. The number of thiophene rings is 1. The molecule has 0 saturated heterocycles. The van der Waals surface area contributed by atoms with E-state index >= 15 is 0 Å². The minimum Gasteiger partial charge on any atom is -0.490 e. The molecule has 0 aromatic carbocycles. The first-order valence-corrected chi connectivity index (χ1v) is 6.01. The van der Waals surface area contributed by atoms with Crippen molar-refractivity contribution in [1.82, 2.24) is 0 Å². The Labute approximate surface area is 93.0 Å². The molecule has 0 amide bonds. The van der Waals surface area contributed by atoms with Gasteiger partial charge >= 0.3 is 5.97 Å². The van der Waals surface area contributed by atoms with Crippen molar-refractivity contribution >= 4 is 17.3 Å². The smallest absolute Gasteiger partial charge is 0.348 e. The topological polar surface area (TPSA) is 35.5 Å². The number of esters is 1. The van der Waals surface area contributed by atoms with Gasteiger partial charge in [-0.25, -0.2) is 4.79 Å². The van der Waals surface area contributed by atoms with Crippen LogP contribution < -0.4 is 4.74 Å². The third-order valence-corrected chi connectivity index (χ3v) is 3.46. The fourth-order valence-corrected chi connectivity index (χ4v) is 2.52. The van der Waals surface area contributed by atoms with Gasteiger partial charge in [-0.3, -0.25) is 0 Å². The molecule has 2 rings (SSSR count). The van der Waals surface area contributed by atoms with E-state index in [4.69, 9.17) is 4.74 Å². The lowest BCUT2D eigenvalue weighted by atomic mass is 10.3. The van der Waals surface area contributed by atoms with E-state index in [0.29, 0.717) is 11.0 Å². The number of hydrogen-bond acceptors (Lipinski definition) is 4. The molecule has 1 aromatic rings. The van der Waals surface area contributed by atoms with Gasteiger partial charge in [0, 0.05) is 11.4 Å².